The summed E-state index contributed by atoms with van der Waals surface area (Å²) in [4.78, 5) is 0.935. The maximum Gasteiger partial charge on any atom is 0.123 e. The molecule has 3 nitrogen and oxygen atoms in total. The fraction of sp³-hybridized carbons (Fsp3) is 0.312. The van der Waals surface area contributed by atoms with Gasteiger partial charge in [0, 0.05) is 11.5 Å². The van der Waals surface area contributed by atoms with E-state index in [2.05, 4.69) is 6.07 Å². The second-order valence-corrected chi connectivity index (χ2v) is 5.14. The molecule has 0 aliphatic heterocycles. The summed E-state index contributed by atoms with van der Waals surface area (Å²) in [5.74, 6) is 0. The van der Waals surface area contributed by atoms with Crippen molar-refractivity contribution < 1.29 is 10.2 Å². The second-order valence-electron chi connectivity index (χ2n) is 4.20. The van der Waals surface area contributed by atoms with Gasteiger partial charge in [0.25, 0.3) is 0 Å². The van der Waals surface area contributed by atoms with Crippen LogP contribution in [0.4, 0.5) is 0 Å². The summed E-state index contributed by atoms with van der Waals surface area (Å²) < 4.78 is 0. The molecule has 1 aromatic carbocycles. The van der Waals surface area contributed by atoms with E-state index in [9.17, 15) is 5.11 Å². The number of aliphatic hydroxyl groups excluding tert-OH is 1. The number of hydrogen-bond donors (Lipinski definition) is 2. The van der Waals surface area contributed by atoms with Crippen molar-refractivity contribution in [2.45, 2.75) is 25.9 Å². The first-order chi connectivity index (χ1) is 9.62. The molecule has 0 aliphatic rings. The SMILES string of the molecule is CCC(O)(c1ccc(C#N)cc1)c1cccs1.CCO. The van der Waals surface area contributed by atoms with E-state index in [4.69, 9.17) is 10.4 Å². The second kappa shape index (κ2) is 7.81. The molecule has 20 heavy (non-hydrogen) atoms. The zero-order valence-electron chi connectivity index (χ0n) is 11.7. The highest BCUT2D eigenvalue weighted by Gasteiger charge is 2.30. The summed E-state index contributed by atoms with van der Waals surface area (Å²) >= 11 is 1.54. The van der Waals surface area contributed by atoms with E-state index in [1.165, 1.54) is 0 Å². The van der Waals surface area contributed by atoms with Crippen LogP contribution in [-0.2, 0) is 5.60 Å². The fourth-order valence-electron chi connectivity index (χ4n) is 1.85. The van der Waals surface area contributed by atoms with Crippen molar-refractivity contribution in [2.75, 3.05) is 6.61 Å². The molecular formula is C16H19NO2S. The molecule has 0 saturated carbocycles. The Kier molecular flexibility index (Phi) is 6.40. The minimum Gasteiger partial charge on any atom is -0.397 e. The van der Waals surface area contributed by atoms with Gasteiger partial charge < -0.3 is 10.2 Å². The van der Waals surface area contributed by atoms with Crippen molar-refractivity contribution in [3.05, 3.63) is 57.8 Å². The van der Waals surface area contributed by atoms with E-state index >= 15 is 0 Å². The molecule has 0 bridgehead atoms. The third-order valence-electron chi connectivity index (χ3n) is 2.93. The van der Waals surface area contributed by atoms with Crippen molar-refractivity contribution in [3.63, 3.8) is 0 Å². The molecule has 0 aliphatic carbocycles. The highest BCUT2D eigenvalue weighted by atomic mass is 32.1. The minimum absolute atomic E-state index is 0.250. The fourth-order valence-corrected chi connectivity index (χ4v) is 2.77. The molecule has 4 heteroatoms. The molecule has 1 unspecified atom stereocenters. The van der Waals surface area contributed by atoms with Crippen LogP contribution >= 0.6 is 11.3 Å². The number of nitriles is 1. The van der Waals surface area contributed by atoms with Gasteiger partial charge in [-0.2, -0.15) is 5.26 Å². The Morgan fingerprint density at radius 3 is 2.20 bits per heavy atom. The van der Waals surface area contributed by atoms with E-state index < -0.39 is 5.60 Å². The molecular weight excluding hydrogens is 270 g/mol. The topological polar surface area (TPSA) is 64.2 Å². The van der Waals surface area contributed by atoms with Crippen LogP contribution in [0, 0.1) is 11.3 Å². The van der Waals surface area contributed by atoms with Gasteiger partial charge in [-0.05, 0) is 42.5 Å². The Labute approximate surface area is 123 Å². The number of rotatable bonds is 3. The minimum atomic E-state index is -0.942. The first-order valence-electron chi connectivity index (χ1n) is 6.50. The quantitative estimate of drug-likeness (QED) is 0.911. The molecule has 1 atom stereocenters. The Hall–Kier alpha value is -1.67. The van der Waals surface area contributed by atoms with Crippen LogP contribution in [0.3, 0.4) is 0 Å². The van der Waals surface area contributed by atoms with Crippen LogP contribution in [0.25, 0.3) is 0 Å². The number of hydrogen-bond acceptors (Lipinski definition) is 4. The standard InChI is InChI=1S/C14H13NOS.C2H6O/c1-2-14(16,13-4-3-9-17-13)12-7-5-11(10-15)6-8-12;1-2-3/h3-9,16H,2H2,1H3;3H,2H2,1H3. The molecule has 2 rings (SSSR count). The van der Waals surface area contributed by atoms with Gasteiger partial charge in [-0.1, -0.05) is 25.1 Å². The summed E-state index contributed by atoms with van der Waals surface area (Å²) in [6, 6.07) is 13.1. The summed E-state index contributed by atoms with van der Waals surface area (Å²) in [5, 5.41) is 29.0. The third kappa shape index (κ3) is 3.67. The summed E-state index contributed by atoms with van der Waals surface area (Å²) in [7, 11) is 0. The van der Waals surface area contributed by atoms with Crippen molar-refractivity contribution in [3.8, 4) is 6.07 Å². The van der Waals surface area contributed by atoms with Gasteiger partial charge in [-0.3, -0.25) is 0 Å². The van der Waals surface area contributed by atoms with Crippen LogP contribution in [0.1, 0.15) is 36.3 Å². The summed E-state index contributed by atoms with van der Waals surface area (Å²) in [6.45, 7) is 3.89. The van der Waals surface area contributed by atoms with E-state index in [0.29, 0.717) is 12.0 Å². The predicted octanol–water partition coefficient (Wildman–Crippen LogP) is 3.26. The zero-order chi connectivity index (χ0) is 15.0. The van der Waals surface area contributed by atoms with Crippen LogP contribution in [0.15, 0.2) is 41.8 Å². The number of nitrogens with zero attached hydrogens (tertiary/aromatic N) is 1. The van der Waals surface area contributed by atoms with Crippen LogP contribution in [0.5, 0.6) is 0 Å². The molecule has 0 spiro atoms. The lowest BCUT2D eigenvalue weighted by Crippen LogP contribution is -2.24. The Bertz CT molecular complexity index is 543. The predicted molar refractivity (Wildman–Crippen MR) is 81.5 cm³/mol. The van der Waals surface area contributed by atoms with Crippen molar-refractivity contribution in [1.82, 2.24) is 0 Å². The molecule has 0 amide bonds. The highest BCUT2D eigenvalue weighted by molar-refractivity contribution is 7.10. The molecule has 2 aromatic rings. The lowest BCUT2D eigenvalue weighted by molar-refractivity contribution is 0.0804. The molecule has 0 radical (unpaired) electrons. The lowest BCUT2D eigenvalue weighted by atomic mass is 9.89. The maximum absolute atomic E-state index is 10.7. The van der Waals surface area contributed by atoms with E-state index in [-0.39, 0.29) is 6.61 Å². The highest BCUT2D eigenvalue weighted by Crippen LogP contribution is 2.35. The smallest absolute Gasteiger partial charge is 0.123 e. The first kappa shape index (κ1) is 16.4. The van der Waals surface area contributed by atoms with Gasteiger partial charge in [-0.15, -0.1) is 11.3 Å². The average molecular weight is 289 g/mol. The zero-order valence-corrected chi connectivity index (χ0v) is 12.5. The van der Waals surface area contributed by atoms with E-state index in [1.807, 2.05) is 36.6 Å². The number of thiophene rings is 1. The summed E-state index contributed by atoms with van der Waals surface area (Å²) in [6.07, 6.45) is 0.611. The largest absolute Gasteiger partial charge is 0.397 e. The third-order valence-corrected chi connectivity index (χ3v) is 3.95. The van der Waals surface area contributed by atoms with Crippen LogP contribution in [0.2, 0.25) is 0 Å². The maximum atomic E-state index is 10.7. The first-order valence-corrected chi connectivity index (χ1v) is 7.38. The van der Waals surface area contributed by atoms with Crippen molar-refractivity contribution >= 4 is 11.3 Å². The molecule has 1 heterocycles. The van der Waals surface area contributed by atoms with E-state index in [1.54, 1.807) is 30.4 Å². The average Bonchev–Trinajstić information content (AvgIpc) is 3.02. The molecule has 1 aromatic heterocycles. The molecule has 2 N–H and O–H groups in total. The monoisotopic (exact) mass is 289 g/mol. The van der Waals surface area contributed by atoms with Gasteiger partial charge in [0.15, 0.2) is 0 Å². The summed E-state index contributed by atoms with van der Waals surface area (Å²) in [5.41, 5.74) is 0.502. The van der Waals surface area contributed by atoms with Gasteiger partial charge in [0.2, 0.25) is 0 Å². The number of benzene rings is 1. The van der Waals surface area contributed by atoms with Crippen LogP contribution < -0.4 is 0 Å². The Morgan fingerprint density at radius 2 is 1.80 bits per heavy atom. The van der Waals surface area contributed by atoms with Crippen molar-refractivity contribution in [2.24, 2.45) is 0 Å². The van der Waals surface area contributed by atoms with Gasteiger partial charge in [0.05, 0.1) is 11.6 Å². The van der Waals surface area contributed by atoms with E-state index in [0.717, 1.165) is 10.4 Å². The normalized spacial score (nSPS) is 12.8. The number of aliphatic hydroxyl groups is 2. The molecule has 0 saturated heterocycles. The molecule has 0 fully saturated rings. The Morgan fingerprint density at radius 1 is 1.20 bits per heavy atom. The Balaban J connectivity index is 0.000000612. The molecule has 106 valence electrons. The van der Waals surface area contributed by atoms with Crippen LogP contribution in [-0.4, -0.2) is 16.8 Å². The van der Waals surface area contributed by atoms with Gasteiger partial charge in [-0.25, -0.2) is 0 Å². The lowest BCUT2D eigenvalue weighted by Gasteiger charge is -2.26. The van der Waals surface area contributed by atoms with Gasteiger partial charge in [0.1, 0.15) is 5.60 Å². The van der Waals surface area contributed by atoms with Gasteiger partial charge >= 0.3 is 0 Å². The van der Waals surface area contributed by atoms with Crippen molar-refractivity contribution in [1.29, 1.82) is 5.26 Å².